The first-order valence-electron chi connectivity index (χ1n) is 6.66. The lowest BCUT2D eigenvalue weighted by Crippen LogP contribution is -2.56. The number of carbonyl (C=O) groups is 1. The summed E-state index contributed by atoms with van der Waals surface area (Å²) in [7, 11) is 0. The summed E-state index contributed by atoms with van der Waals surface area (Å²) in [5.74, 6) is 0.0524. The highest BCUT2D eigenvalue weighted by Gasteiger charge is 2.33. The van der Waals surface area contributed by atoms with E-state index < -0.39 is 5.54 Å². The van der Waals surface area contributed by atoms with E-state index in [4.69, 9.17) is 5.26 Å². The van der Waals surface area contributed by atoms with Gasteiger partial charge in [0.2, 0.25) is 5.91 Å². The first kappa shape index (κ1) is 13.6. The molecule has 1 amide bonds. The molecule has 1 heterocycles. The van der Waals surface area contributed by atoms with Crippen LogP contribution in [0, 0.1) is 11.3 Å². The van der Waals surface area contributed by atoms with Gasteiger partial charge in [-0.2, -0.15) is 5.26 Å². The molecule has 2 N–H and O–H groups in total. The van der Waals surface area contributed by atoms with Crippen molar-refractivity contribution in [3.8, 4) is 6.07 Å². The minimum absolute atomic E-state index is 0.0524. The molecule has 1 aliphatic rings. The normalized spacial score (nSPS) is 22.5. The average Bonchev–Trinajstić information content (AvgIpc) is 2.46. The van der Waals surface area contributed by atoms with Crippen LogP contribution in [0.4, 0.5) is 0 Å². The number of nitrogens with one attached hydrogen (secondary N) is 2. The van der Waals surface area contributed by atoms with E-state index in [0.29, 0.717) is 12.1 Å². The van der Waals surface area contributed by atoms with Crippen molar-refractivity contribution in [1.29, 1.82) is 5.26 Å². The molecule has 0 spiro atoms. The van der Waals surface area contributed by atoms with E-state index in [1.165, 1.54) is 0 Å². The molecule has 4 nitrogen and oxygen atoms in total. The second-order valence-corrected chi connectivity index (χ2v) is 5.21. The van der Waals surface area contributed by atoms with Crippen LogP contribution in [-0.2, 0) is 11.3 Å². The van der Waals surface area contributed by atoms with E-state index in [-0.39, 0.29) is 5.91 Å². The Morgan fingerprint density at radius 3 is 2.74 bits per heavy atom. The Hall–Kier alpha value is -1.86. The third-order valence-corrected chi connectivity index (χ3v) is 3.66. The molecule has 1 atom stereocenters. The average molecular weight is 257 g/mol. The maximum absolute atomic E-state index is 12.2. The lowest BCUT2D eigenvalue weighted by molar-refractivity contribution is -0.128. The molecule has 0 aliphatic carbocycles. The van der Waals surface area contributed by atoms with Crippen molar-refractivity contribution in [2.24, 2.45) is 0 Å². The molecule has 0 bridgehead atoms. The van der Waals surface area contributed by atoms with E-state index in [1.54, 1.807) is 12.1 Å². The van der Waals surface area contributed by atoms with Crippen LogP contribution in [0.25, 0.3) is 0 Å². The number of piperidine rings is 1. The molecule has 1 unspecified atom stereocenters. The maximum Gasteiger partial charge on any atom is 0.240 e. The SMILES string of the molecule is CC1(C(=O)NCc2ccc(C#N)cc2)CCCCN1. The number of hydrogen-bond donors (Lipinski definition) is 2. The lowest BCUT2D eigenvalue weighted by Gasteiger charge is -2.33. The van der Waals surface area contributed by atoms with Gasteiger partial charge in [0.15, 0.2) is 0 Å². The van der Waals surface area contributed by atoms with Gasteiger partial charge in [0.25, 0.3) is 0 Å². The van der Waals surface area contributed by atoms with Crippen molar-refractivity contribution in [1.82, 2.24) is 10.6 Å². The van der Waals surface area contributed by atoms with Gasteiger partial charge in [-0.1, -0.05) is 12.1 Å². The molecule has 1 saturated heterocycles. The van der Waals surface area contributed by atoms with Gasteiger partial charge in [0.05, 0.1) is 17.2 Å². The molecular weight excluding hydrogens is 238 g/mol. The van der Waals surface area contributed by atoms with Crippen LogP contribution in [0.3, 0.4) is 0 Å². The number of benzene rings is 1. The number of carbonyl (C=O) groups excluding carboxylic acids is 1. The third kappa shape index (κ3) is 3.33. The third-order valence-electron chi connectivity index (χ3n) is 3.66. The fourth-order valence-electron chi connectivity index (χ4n) is 2.32. The number of rotatable bonds is 3. The molecule has 2 rings (SSSR count). The standard InChI is InChI=1S/C15H19N3O/c1-15(8-2-3-9-18-15)14(19)17-11-13-6-4-12(10-16)5-7-13/h4-7,18H,2-3,8-9,11H2,1H3,(H,17,19). The molecule has 1 fully saturated rings. The summed E-state index contributed by atoms with van der Waals surface area (Å²) < 4.78 is 0. The number of nitrogens with zero attached hydrogens (tertiary/aromatic N) is 1. The highest BCUT2D eigenvalue weighted by Crippen LogP contribution is 2.18. The number of hydrogen-bond acceptors (Lipinski definition) is 3. The maximum atomic E-state index is 12.2. The summed E-state index contributed by atoms with van der Waals surface area (Å²) in [6.45, 7) is 3.36. The zero-order chi connectivity index (χ0) is 13.7. The molecule has 4 heteroatoms. The summed E-state index contributed by atoms with van der Waals surface area (Å²) in [5, 5.41) is 15.0. The van der Waals surface area contributed by atoms with Crippen molar-refractivity contribution in [3.05, 3.63) is 35.4 Å². The zero-order valence-corrected chi connectivity index (χ0v) is 11.2. The van der Waals surface area contributed by atoms with E-state index in [0.717, 1.165) is 31.4 Å². The fourth-order valence-corrected chi connectivity index (χ4v) is 2.32. The van der Waals surface area contributed by atoms with Crippen LogP contribution in [0.2, 0.25) is 0 Å². The molecule has 100 valence electrons. The monoisotopic (exact) mass is 257 g/mol. The highest BCUT2D eigenvalue weighted by atomic mass is 16.2. The van der Waals surface area contributed by atoms with Crippen LogP contribution in [-0.4, -0.2) is 18.0 Å². The Morgan fingerprint density at radius 1 is 1.42 bits per heavy atom. The Balaban J connectivity index is 1.90. The molecule has 0 radical (unpaired) electrons. The van der Waals surface area contributed by atoms with E-state index in [1.807, 2.05) is 19.1 Å². The Morgan fingerprint density at radius 2 is 2.16 bits per heavy atom. The van der Waals surface area contributed by atoms with Gasteiger partial charge in [-0.25, -0.2) is 0 Å². The quantitative estimate of drug-likeness (QED) is 0.866. The fraction of sp³-hybridized carbons (Fsp3) is 0.467. The first-order chi connectivity index (χ1) is 9.14. The predicted octanol–water partition coefficient (Wildman–Crippen LogP) is 1.71. The minimum Gasteiger partial charge on any atom is -0.350 e. The summed E-state index contributed by atoms with van der Waals surface area (Å²) in [5.41, 5.74) is 1.20. The Kier molecular flexibility index (Phi) is 4.18. The van der Waals surface area contributed by atoms with Gasteiger partial charge < -0.3 is 10.6 Å². The minimum atomic E-state index is -0.440. The van der Waals surface area contributed by atoms with Crippen molar-refractivity contribution in [2.75, 3.05) is 6.54 Å². The second-order valence-electron chi connectivity index (χ2n) is 5.21. The number of nitriles is 1. The largest absolute Gasteiger partial charge is 0.350 e. The highest BCUT2D eigenvalue weighted by molar-refractivity contribution is 5.85. The molecular formula is C15H19N3O. The van der Waals surface area contributed by atoms with Crippen LogP contribution in [0.15, 0.2) is 24.3 Å². The van der Waals surface area contributed by atoms with Gasteiger partial charge in [0.1, 0.15) is 0 Å². The van der Waals surface area contributed by atoms with Crippen molar-refractivity contribution < 1.29 is 4.79 Å². The van der Waals surface area contributed by atoms with Crippen LogP contribution >= 0.6 is 0 Å². The van der Waals surface area contributed by atoms with Crippen LogP contribution in [0.5, 0.6) is 0 Å². The summed E-state index contributed by atoms with van der Waals surface area (Å²) in [6.07, 6.45) is 3.11. The van der Waals surface area contributed by atoms with Crippen LogP contribution < -0.4 is 10.6 Å². The molecule has 1 aliphatic heterocycles. The Labute approximate surface area is 113 Å². The van der Waals surface area contributed by atoms with Gasteiger partial charge in [-0.3, -0.25) is 4.79 Å². The zero-order valence-electron chi connectivity index (χ0n) is 11.2. The van der Waals surface area contributed by atoms with E-state index >= 15 is 0 Å². The molecule has 0 saturated carbocycles. The van der Waals surface area contributed by atoms with Crippen molar-refractivity contribution >= 4 is 5.91 Å². The van der Waals surface area contributed by atoms with Gasteiger partial charge in [0, 0.05) is 6.54 Å². The van der Waals surface area contributed by atoms with E-state index in [2.05, 4.69) is 16.7 Å². The predicted molar refractivity (Wildman–Crippen MR) is 73.3 cm³/mol. The second kappa shape index (κ2) is 5.85. The number of amides is 1. The van der Waals surface area contributed by atoms with Gasteiger partial charge >= 0.3 is 0 Å². The molecule has 0 aromatic heterocycles. The van der Waals surface area contributed by atoms with Gasteiger partial charge in [-0.05, 0) is 50.4 Å². The van der Waals surface area contributed by atoms with Gasteiger partial charge in [-0.15, -0.1) is 0 Å². The lowest BCUT2D eigenvalue weighted by atomic mass is 9.90. The molecule has 1 aromatic carbocycles. The molecule has 19 heavy (non-hydrogen) atoms. The Bertz CT molecular complexity index is 481. The first-order valence-corrected chi connectivity index (χ1v) is 6.66. The van der Waals surface area contributed by atoms with Crippen molar-refractivity contribution in [3.63, 3.8) is 0 Å². The smallest absolute Gasteiger partial charge is 0.240 e. The van der Waals surface area contributed by atoms with Crippen LogP contribution in [0.1, 0.15) is 37.3 Å². The summed E-state index contributed by atoms with van der Waals surface area (Å²) in [6, 6.07) is 9.35. The molecule has 1 aromatic rings. The van der Waals surface area contributed by atoms with E-state index in [9.17, 15) is 4.79 Å². The topological polar surface area (TPSA) is 64.9 Å². The summed E-state index contributed by atoms with van der Waals surface area (Å²) >= 11 is 0. The summed E-state index contributed by atoms with van der Waals surface area (Å²) in [4.78, 5) is 12.2. The van der Waals surface area contributed by atoms with Crippen molar-refractivity contribution in [2.45, 2.75) is 38.3 Å².